The molecule has 0 saturated carbocycles. The van der Waals surface area contributed by atoms with Crippen LogP contribution in [0.3, 0.4) is 0 Å². The Bertz CT molecular complexity index is 349. The average Bonchev–Trinajstić information content (AvgIpc) is 2.85. The molecule has 2 N–H and O–H groups in total. The summed E-state index contributed by atoms with van der Waals surface area (Å²) in [6, 6.07) is -0.212. The molecular formula is C11H20N4O. The lowest BCUT2D eigenvalue weighted by atomic mass is 9.87. The van der Waals surface area contributed by atoms with Crippen LogP contribution in [-0.2, 0) is 0 Å². The van der Waals surface area contributed by atoms with Gasteiger partial charge in [0.1, 0.15) is 0 Å². The Balaban J connectivity index is 2.12. The molecule has 90 valence electrons. The molecule has 0 bridgehead atoms. The minimum Gasteiger partial charge on any atom is -0.338 e. The smallest absolute Gasteiger partial charge is 0.266 e. The summed E-state index contributed by atoms with van der Waals surface area (Å²) < 4.78 is 5.24. The fourth-order valence-corrected chi connectivity index (χ4v) is 1.77. The van der Waals surface area contributed by atoms with E-state index in [1.807, 2.05) is 0 Å². The van der Waals surface area contributed by atoms with Crippen molar-refractivity contribution in [3.05, 3.63) is 5.89 Å². The van der Waals surface area contributed by atoms with E-state index in [4.69, 9.17) is 10.3 Å². The van der Waals surface area contributed by atoms with Crippen LogP contribution in [0.2, 0.25) is 0 Å². The molecule has 1 aromatic rings. The quantitative estimate of drug-likeness (QED) is 0.828. The molecule has 0 spiro atoms. The molecule has 0 amide bonds. The van der Waals surface area contributed by atoms with E-state index in [9.17, 15) is 0 Å². The van der Waals surface area contributed by atoms with Gasteiger partial charge in [-0.1, -0.05) is 20.8 Å². The summed E-state index contributed by atoms with van der Waals surface area (Å²) in [5.41, 5.74) is 6.01. The van der Waals surface area contributed by atoms with Gasteiger partial charge >= 0.3 is 0 Å². The lowest BCUT2D eigenvalue weighted by Gasteiger charge is -2.23. The highest BCUT2D eigenvalue weighted by Crippen LogP contribution is 2.30. The largest absolute Gasteiger partial charge is 0.338 e. The third-order valence-corrected chi connectivity index (χ3v) is 3.02. The number of nitrogens with zero attached hydrogens (tertiary/aromatic N) is 3. The van der Waals surface area contributed by atoms with Crippen molar-refractivity contribution in [2.24, 2.45) is 11.1 Å². The minimum absolute atomic E-state index is 0.0607. The van der Waals surface area contributed by atoms with Crippen molar-refractivity contribution >= 4 is 5.95 Å². The zero-order valence-electron chi connectivity index (χ0n) is 10.2. The van der Waals surface area contributed by atoms with Gasteiger partial charge in [0.15, 0.2) is 0 Å². The highest BCUT2D eigenvalue weighted by molar-refractivity contribution is 5.29. The van der Waals surface area contributed by atoms with Gasteiger partial charge in [-0.3, -0.25) is 0 Å². The van der Waals surface area contributed by atoms with Crippen LogP contribution < -0.4 is 10.6 Å². The molecular weight excluding hydrogens is 204 g/mol. The van der Waals surface area contributed by atoms with Crippen molar-refractivity contribution in [3.63, 3.8) is 0 Å². The summed E-state index contributed by atoms with van der Waals surface area (Å²) in [7, 11) is 0. The zero-order valence-corrected chi connectivity index (χ0v) is 10.2. The van der Waals surface area contributed by atoms with E-state index in [0.29, 0.717) is 11.8 Å². The Morgan fingerprint density at radius 1 is 1.31 bits per heavy atom. The van der Waals surface area contributed by atoms with Crippen molar-refractivity contribution in [1.29, 1.82) is 0 Å². The third kappa shape index (κ3) is 2.19. The van der Waals surface area contributed by atoms with Crippen LogP contribution in [0.4, 0.5) is 5.95 Å². The first kappa shape index (κ1) is 11.4. The molecule has 2 rings (SSSR count). The van der Waals surface area contributed by atoms with Crippen molar-refractivity contribution in [3.8, 4) is 0 Å². The van der Waals surface area contributed by atoms with Gasteiger partial charge in [-0.25, -0.2) is 0 Å². The average molecular weight is 224 g/mol. The molecule has 1 aliphatic rings. The van der Waals surface area contributed by atoms with Crippen LogP contribution in [0.15, 0.2) is 4.52 Å². The summed E-state index contributed by atoms with van der Waals surface area (Å²) >= 11 is 0. The first-order valence-corrected chi connectivity index (χ1v) is 5.82. The molecule has 1 aromatic heterocycles. The van der Waals surface area contributed by atoms with Crippen LogP contribution in [0.1, 0.15) is 45.5 Å². The van der Waals surface area contributed by atoms with Crippen molar-refractivity contribution < 1.29 is 4.52 Å². The van der Waals surface area contributed by atoms with Gasteiger partial charge in [0.05, 0.1) is 6.04 Å². The fraction of sp³-hybridized carbons (Fsp3) is 0.818. The number of hydrogen-bond donors (Lipinski definition) is 1. The van der Waals surface area contributed by atoms with Crippen LogP contribution in [0, 0.1) is 5.41 Å². The highest BCUT2D eigenvalue weighted by Gasteiger charge is 2.28. The highest BCUT2D eigenvalue weighted by atomic mass is 16.5. The predicted octanol–water partition coefficient (Wildman–Crippen LogP) is 1.72. The number of rotatable bonds is 2. The van der Waals surface area contributed by atoms with Gasteiger partial charge in [0.2, 0.25) is 5.89 Å². The van der Waals surface area contributed by atoms with E-state index >= 15 is 0 Å². The van der Waals surface area contributed by atoms with E-state index < -0.39 is 0 Å². The van der Waals surface area contributed by atoms with Gasteiger partial charge in [0.25, 0.3) is 5.95 Å². The Morgan fingerprint density at radius 3 is 2.50 bits per heavy atom. The Morgan fingerprint density at radius 2 is 1.94 bits per heavy atom. The monoisotopic (exact) mass is 224 g/mol. The number of hydrogen-bond acceptors (Lipinski definition) is 5. The predicted molar refractivity (Wildman–Crippen MR) is 62.1 cm³/mol. The van der Waals surface area contributed by atoms with E-state index in [2.05, 4.69) is 35.8 Å². The second kappa shape index (κ2) is 4.05. The molecule has 5 heteroatoms. The first-order valence-electron chi connectivity index (χ1n) is 5.82. The van der Waals surface area contributed by atoms with Gasteiger partial charge < -0.3 is 15.2 Å². The summed E-state index contributed by atoms with van der Waals surface area (Å²) in [6.07, 6.45) is 2.41. The second-order valence-corrected chi connectivity index (χ2v) is 5.47. The van der Waals surface area contributed by atoms with Crippen LogP contribution in [0.25, 0.3) is 0 Å². The maximum Gasteiger partial charge on any atom is 0.266 e. The molecule has 0 radical (unpaired) electrons. The lowest BCUT2D eigenvalue weighted by Crippen LogP contribution is -2.26. The maximum absolute atomic E-state index is 6.07. The van der Waals surface area contributed by atoms with Gasteiger partial charge in [0, 0.05) is 13.1 Å². The van der Waals surface area contributed by atoms with Crippen molar-refractivity contribution in [2.45, 2.75) is 39.7 Å². The zero-order chi connectivity index (χ0) is 11.8. The first-order chi connectivity index (χ1) is 7.48. The van der Waals surface area contributed by atoms with E-state index in [1.54, 1.807) is 0 Å². The molecule has 1 aliphatic heterocycles. The number of aromatic nitrogens is 2. The van der Waals surface area contributed by atoms with Gasteiger partial charge in [-0.05, 0) is 23.4 Å². The van der Waals surface area contributed by atoms with Crippen molar-refractivity contribution in [2.75, 3.05) is 18.0 Å². The normalized spacial score (nSPS) is 19.1. The van der Waals surface area contributed by atoms with E-state index in [1.165, 1.54) is 12.8 Å². The minimum atomic E-state index is -0.212. The molecule has 5 nitrogen and oxygen atoms in total. The van der Waals surface area contributed by atoms with Crippen LogP contribution >= 0.6 is 0 Å². The Kier molecular flexibility index (Phi) is 2.88. The molecule has 1 saturated heterocycles. The molecule has 16 heavy (non-hydrogen) atoms. The second-order valence-electron chi connectivity index (χ2n) is 5.47. The Hall–Kier alpha value is -1.10. The number of nitrogens with two attached hydrogens (primary N) is 1. The Labute approximate surface area is 96.0 Å². The fourth-order valence-electron chi connectivity index (χ4n) is 1.77. The third-order valence-electron chi connectivity index (χ3n) is 3.02. The van der Waals surface area contributed by atoms with Gasteiger partial charge in [-0.2, -0.15) is 4.98 Å². The molecule has 0 aromatic carbocycles. The molecule has 1 fully saturated rings. The van der Waals surface area contributed by atoms with Crippen LogP contribution in [-0.4, -0.2) is 23.2 Å². The maximum atomic E-state index is 6.07. The molecule has 0 aliphatic carbocycles. The molecule has 2 heterocycles. The van der Waals surface area contributed by atoms with Gasteiger partial charge in [-0.15, -0.1) is 0 Å². The molecule has 1 atom stereocenters. The van der Waals surface area contributed by atoms with Crippen molar-refractivity contribution in [1.82, 2.24) is 10.1 Å². The molecule has 1 unspecified atom stereocenters. The van der Waals surface area contributed by atoms with E-state index in [-0.39, 0.29) is 11.5 Å². The lowest BCUT2D eigenvalue weighted by molar-refractivity contribution is 0.253. The van der Waals surface area contributed by atoms with Crippen LogP contribution in [0.5, 0.6) is 0 Å². The number of anilines is 1. The SMILES string of the molecule is CC(C)(C)C(N)c1nc(N2CCCC2)no1. The summed E-state index contributed by atoms with van der Waals surface area (Å²) in [5.74, 6) is 1.22. The summed E-state index contributed by atoms with van der Waals surface area (Å²) in [5, 5.41) is 3.99. The summed E-state index contributed by atoms with van der Waals surface area (Å²) in [4.78, 5) is 6.52. The van der Waals surface area contributed by atoms with E-state index in [0.717, 1.165) is 13.1 Å². The topological polar surface area (TPSA) is 68.2 Å². The standard InChI is InChI=1S/C11H20N4O/c1-11(2,3)8(12)9-13-10(14-16-9)15-6-4-5-7-15/h8H,4-7,12H2,1-3H3. The summed E-state index contributed by atoms with van der Waals surface area (Å²) in [6.45, 7) is 8.24.